The molecular formula is C20H18N2O3S2. The Morgan fingerprint density at radius 1 is 1.22 bits per heavy atom. The van der Waals surface area contributed by atoms with Gasteiger partial charge in [0, 0.05) is 38.6 Å². The van der Waals surface area contributed by atoms with Crippen LogP contribution in [0.25, 0.3) is 20.3 Å². The number of hydrogen-bond acceptors (Lipinski definition) is 6. The third-order valence-electron chi connectivity index (χ3n) is 4.18. The van der Waals surface area contributed by atoms with Crippen molar-refractivity contribution in [3.05, 3.63) is 51.8 Å². The van der Waals surface area contributed by atoms with Gasteiger partial charge in [-0.1, -0.05) is 0 Å². The van der Waals surface area contributed by atoms with Crippen molar-refractivity contribution in [2.24, 2.45) is 0 Å². The van der Waals surface area contributed by atoms with E-state index < -0.39 is 5.97 Å². The lowest BCUT2D eigenvalue weighted by Crippen LogP contribution is -2.09. The number of nitrogens with zero attached hydrogens (tertiary/aromatic N) is 2. The minimum atomic E-state index is -0.893. The van der Waals surface area contributed by atoms with Crippen LogP contribution in [0.1, 0.15) is 20.1 Å². The summed E-state index contributed by atoms with van der Waals surface area (Å²) in [6.45, 7) is 2.69. The zero-order chi connectivity index (χ0) is 19.1. The molecule has 0 aliphatic rings. The Hall–Kier alpha value is -2.48. The Morgan fingerprint density at radius 2 is 2.04 bits per heavy atom. The van der Waals surface area contributed by atoms with Gasteiger partial charge in [-0.2, -0.15) is 0 Å². The molecule has 1 N–H and O–H groups in total. The van der Waals surface area contributed by atoms with Gasteiger partial charge in [-0.05, 0) is 45.3 Å². The first-order chi connectivity index (χ1) is 12.9. The van der Waals surface area contributed by atoms with Crippen molar-refractivity contribution in [3.8, 4) is 11.5 Å². The van der Waals surface area contributed by atoms with Crippen molar-refractivity contribution in [3.63, 3.8) is 0 Å². The Kier molecular flexibility index (Phi) is 4.59. The predicted octanol–water partition coefficient (Wildman–Crippen LogP) is 5.37. The second-order valence-corrected chi connectivity index (χ2v) is 8.97. The Bertz CT molecular complexity index is 1160. The van der Waals surface area contributed by atoms with Gasteiger partial charge in [-0.15, -0.1) is 22.7 Å². The van der Waals surface area contributed by atoms with Gasteiger partial charge in [0.25, 0.3) is 0 Å². The number of aryl methyl sites for hydroxylation is 1. The highest BCUT2D eigenvalue weighted by atomic mass is 32.1. The molecule has 0 spiro atoms. The minimum Gasteiger partial charge on any atom is -0.478 e. The fourth-order valence-corrected chi connectivity index (χ4v) is 5.36. The molecule has 0 atom stereocenters. The van der Waals surface area contributed by atoms with E-state index in [0.29, 0.717) is 11.3 Å². The van der Waals surface area contributed by atoms with E-state index >= 15 is 0 Å². The zero-order valence-corrected chi connectivity index (χ0v) is 16.8. The number of ether oxygens (including phenoxy) is 1. The average Bonchev–Trinajstić information content (AvgIpc) is 3.13. The van der Waals surface area contributed by atoms with Crippen molar-refractivity contribution >= 4 is 48.9 Å². The summed E-state index contributed by atoms with van der Waals surface area (Å²) >= 11 is 3.15. The molecular weight excluding hydrogens is 380 g/mol. The SMILES string of the molecule is Cc1sc2cc(Oc3ccnc4cc(CN(C)C)sc34)ccc2c1C(=O)O. The number of thiophene rings is 2. The van der Waals surface area contributed by atoms with Crippen molar-refractivity contribution < 1.29 is 14.6 Å². The van der Waals surface area contributed by atoms with Crippen LogP contribution in [0.3, 0.4) is 0 Å². The fourth-order valence-electron chi connectivity index (χ4n) is 3.09. The van der Waals surface area contributed by atoms with Crippen LogP contribution < -0.4 is 4.74 Å². The van der Waals surface area contributed by atoms with E-state index in [1.807, 2.05) is 45.3 Å². The summed E-state index contributed by atoms with van der Waals surface area (Å²) in [6.07, 6.45) is 1.75. The van der Waals surface area contributed by atoms with E-state index in [9.17, 15) is 9.90 Å². The highest BCUT2D eigenvalue weighted by molar-refractivity contribution is 7.19. The van der Waals surface area contributed by atoms with Crippen LogP contribution >= 0.6 is 22.7 Å². The first-order valence-electron chi connectivity index (χ1n) is 8.39. The van der Waals surface area contributed by atoms with Crippen LogP contribution in [0, 0.1) is 6.92 Å². The standard InChI is InChI=1S/C20H18N2O3S2/c1-11-18(20(23)24)14-5-4-12(8-17(14)26-11)25-16-6-7-21-15-9-13(10-22(2)3)27-19(15)16/h4-9H,10H2,1-3H3,(H,23,24). The van der Waals surface area contributed by atoms with E-state index in [1.165, 1.54) is 16.2 Å². The molecule has 4 aromatic rings. The van der Waals surface area contributed by atoms with E-state index in [4.69, 9.17) is 4.74 Å². The zero-order valence-electron chi connectivity index (χ0n) is 15.1. The van der Waals surface area contributed by atoms with Crippen molar-refractivity contribution in [2.75, 3.05) is 14.1 Å². The number of carbonyl (C=O) groups is 1. The van der Waals surface area contributed by atoms with Crippen molar-refractivity contribution in [2.45, 2.75) is 13.5 Å². The molecule has 3 heterocycles. The Balaban J connectivity index is 1.71. The summed E-state index contributed by atoms with van der Waals surface area (Å²) in [7, 11) is 4.08. The molecule has 0 aliphatic carbocycles. The van der Waals surface area contributed by atoms with E-state index in [2.05, 4.69) is 16.0 Å². The summed E-state index contributed by atoms with van der Waals surface area (Å²) in [6, 6.07) is 9.51. The third kappa shape index (κ3) is 3.41. The minimum absolute atomic E-state index is 0.374. The van der Waals surface area contributed by atoms with Gasteiger partial charge in [0.2, 0.25) is 0 Å². The molecule has 0 saturated heterocycles. The summed E-state index contributed by atoms with van der Waals surface area (Å²) in [5, 5.41) is 10.2. The highest BCUT2D eigenvalue weighted by Crippen LogP contribution is 2.38. The van der Waals surface area contributed by atoms with Gasteiger partial charge in [0.15, 0.2) is 0 Å². The molecule has 0 radical (unpaired) electrons. The largest absolute Gasteiger partial charge is 0.478 e. The number of carboxylic acid groups (broad SMARTS) is 1. The molecule has 0 aliphatic heterocycles. The number of rotatable bonds is 5. The molecule has 138 valence electrons. The van der Waals surface area contributed by atoms with Crippen LogP contribution in [0.15, 0.2) is 36.5 Å². The molecule has 0 amide bonds. The van der Waals surface area contributed by atoms with Crippen LogP contribution in [-0.4, -0.2) is 35.1 Å². The highest BCUT2D eigenvalue weighted by Gasteiger charge is 2.16. The van der Waals surface area contributed by atoms with Crippen molar-refractivity contribution in [1.82, 2.24) is 9.88 Å². The predicted molar refractivity (Wildman–Crippen MR) is 111 cm³/mol. The van der Waals surface area contributed by atoms with Gasteiger partial charge in [-0.3, -0.25) is 4.98 Å². The Labute approximate surface area is 164 Å². The number of aromatic nitrogens is 1. The summed E-state index contributed by atoms with van der Waals surface area (Å²) in [5.74, 6) is 0.562. The van der Waals surface area contributed by atoms with Gasteiger partial charge in [0.1, 0.15) is 11.5 Å². The topological polar surface area (TPSA) is 62.7 Å². The van der Waals surface area contributed by atoms with Crippen molar-refractivity contribution in [1.29, 1.82) is 0 Å². The lowest BCUT2D eigenvalue weighted by Gasteiger charge is -2.07. The van der Waals surface area contributed by atoms with Crippen LogP contribution in [0.5, 0.6) is 11.5 Å². The van der Waals surface area contributed by atoms with Gasteiger partial charge in [-0.25, -0.2) is 4.79 Å². The number of fused-ring (bicyclic) bond motifs is 2. The maximum atomic E-state index is 11.5. The van der Waals surface area contributed by atoms with Crippen LogP contribution in [0.4, 0.5) is 0 Å². The van der Waals surface area contributed by atoms with E-state index in [-0.39, 0.29) is 0 Å². The molecule has 7 heteroatoms. The number of benzene rings is 1. The molecule has 0 unspecified atom stereocenters. The van der Waals surface area contributed by atoms with Gasteiger partial charge >= 0.3 is 5.97 Å². The second-order valence-electron chi connectivity index (χ2n) is 6.57. The third-order valence-corrected chi connectivity index (χ3v) is 6.37. The van der Waals surface area contributed by atoms with E-state index in [0.717, 1.165) is 37.5 Å². The average molecular weight is 399 g/mol. The summed E-state index contributed by atoms with van der Waals surface area (Å²) in [4.78, 5) is 20.1. The monoisotopic (exact) mass is 398 g/mol. The molecule has 0 saturated carbocycles. The molecule has 3 aromatic heterocycles. The first-order valence-corrected chi connectivity index (χ1v) is 10.0. The maximum Gasteiger partial charge on any atom is 0.337 e. The van der Waals surface area contributed by atoms with Crippen LogP contribution in [-0.2, 0) is 6.54 Å². The number of aromatic carboxylic acids is 1. The summed E-state index contributed by atoms with van der Waals surface area (Å²) < 4.78 is 8.07. The molecule has 4 rings (SSSR count). The number of pyridine rings is 1. The van der Waals surface area contributed by atoms with E-state index in [1.54, 1.807) is 17.5 Å². The lowest BCUT2D eigenvalue weighted by molar-refractivity contribution is 0.0699. The molecule has 0 bridgehead atoms. The smallest absolute Gasteiger partial charge is 0.337 e. The second kappa shape index (κ2) is 6.92. The van der Waals surface area contributed by atoms with Gasteiger partial charge in [0.05, 0.1) is 15.8 Å². The number of carboxylic acids is 1. The lowest BCUT2D eigenvalue weighted by atomic mass is 10.1. The molecule has 0 fully saturated rings. The summed E-state index contributed by atoms with van der Waals surface area (Å²) in [5.41, 5.74) is 1.30. The molecule has 1 aromatic carbocycles. The fraction of sp³-hybridized carbons (Fsp3) is 0.200. The first kappa shape index (κ1) is 17.9. The number of hydrogen-bond donors (Lipinski definition) is 1. The quantitative estimate of drug-likeness (QED) is 0.489. The normalized spacial score (nSPS) is 11.6. The van der Waals surface area contributed by atoms with Gasteiger partial charge < -0.3 is 14.7 Å². The Morgan fingerprint density at radius 3 is 2.78 bits per heavy atom. The molecule has 5 nitrogen and oxygen atoms in total. The van der Waals surface area contributed by atoms with Crippen LogP contribution in [0.2, 0.25) is 0 Å². The maximum absolute atomic E-state index is 11.5. The molecule has 27 heavy (non-hydrogen) atoms.